The van der Waals surface area contributed by atoms with E-state index in [0.29, 0.717) is 19.6 Å². The molecular formula is C16H23N3O3. The molecule has 1 heterocycles. The van der Waals surface area contributed by atoms with E-state index in [1.165, 1.54) is 12.7 Å². The van der Waals surface area contributed by atoms with Crippen molar-refractivity contribution < 1.29 is 14.3 Å². The molecule has 0 spiro atoms. The molecular weight excluding hydrogens is 282 g/mol. The summed E-state index contributed by atoms with van der Waals surface area (Å²) in [7, 11) is 1.37. The number of carbonyl (C=O) groups excluding carboxylic acids is 2. The van der Waals surface area contributed by atoms with Crippen molar-refractivity contribution in [3.63, 3.8) is 0 Å². The van der Waals surface area contributed by atoms with Crippen molar-refractivity contribution in [2.45, 2.75) is 25.3 Å². The number of ether oxygens (including phenoxy) is 1. The molecule has 22 heavy (non-hydrogen) atoms. The largest absolute Gasteiger partial charge is 0.453 e. The van der Waals surface area contributed by atoms with Crippen LogP contribution in [0, 0.1) is 0 Å². The SMILES string of the molecule is COC(=O)N1CCCC(NC(=O)NCCc2ccccc2)C1. The van der Waals surface area contributed by atoms with E-state index >= 15 is 0 Å². The number of nitrogens with one attached hydrogen (secondary N) is 2. The summed E-state index contributed by atoms with van der Waals surface area (Å²) in [6.07, 6.45) is 2.20. The average molecular weight is 305 g/mol. The number of methoxy groups -OCH3 is 1. The number of nitrogens with zero attached hydrogens (tertiary/aromatic N) is 1. The third-order valence-electron chi connectivity index (χ3n) is 3.73. The first-order valence-corrected chi connectivity index (χ1v) is 7.60. The molecule has 0 aromatic heterocycles. The molecule has 0 bridgehead atoms. The first kappa shape index (κ1) is 16.1. The molecule has 2 N–H and O–H groups in total. The Morgan fingerprint density at radius 2 is 2.09 bits per heavy atom. The Balaban J connectivity index is 1.69. The van der Waals surface area contributed by atoms with E-state index in [4.69, 9.17) is 4.74 Å². The first-order chi connectivity index (χ1) is 10.7. The van der Waals surface area contributed by atoms with Crippen LogP contribution in [0.2, 0.25) is 0 Å². The Labute approximate surface area is 130 Å². The fourth-order valence-corrected chi connectivity index (χ4v) is 2.59. The lowest BCUT2D eigenvalue weighted by atomic mass is 10.1. The summed E-state index contributed by atoms with van der Waals surface area (Å²) in [5, 5.41) is 5.77. The molecule has 1 atom stereocenters. The molecule has 1 unspecified atom stereocenters. The Bertz CT molecular complexity index is 493. The highest BCUT2D eigenvalue weighted by Crippen LogP contribution is 2.10. The molecule has 0 radical (unpaired) electrons. The standard InChI is InChI=1S/C16H23N3O3/c1-22-16(21)19-11-5-8-14(12-19)18-15(20)17-10-9-13-6-3-2-4-7-13/h2-4,6-7,14H,5,8-12H2,1H3,(H2,17,18,20). The maximum atomic E-state index is 11.9. The minimum absolute atomic E-state index is 0.0235. The van der Waals surface area contributed by atoms with Gasteiger partial charge in [0, 0.05) is 25.7 Å². The van der Waals surface area contributed by atoms with Crippen molar-refractivity contribution in [3.8, 4) is 0 Å². The number of hydrogen-bond acceptors (Lipinski definition) is 3. The summed E-state index contributed by atoms with van der Waals surface area (Å²) in [5.41, 5.74) is 1.19. The summed E-state index contributed by atoms with van der Waals surface area (Å²) in [6.45, 7) is 1.77. The summed E-state index contributed by atoms with van der Waals surface area (Å²) < 4.78 is 4.72. The minimum atomic E-state index is -0.337. The molecule has 1 aliphatic heterocycles. The van der Waals surface area contributed by atoms with Gasteiger partial charge in [0.1, 0.15) is 0 Å². The third-order valence-corrected chi connectivity index (χ3v) is 3.73. The quantitative estimate of drug-likeness (QED) is 0.890. The summed E-state index contributed by atoms with van der Waals surface area (Å²) in [6, 6.07) is 9.80. The maximum Gasteiger partial charge on any atom is 0.409 e. The van der Waals surface area contributed by atoms with Gasteiger partial charge in [-0.2, -0.15) is 0 Å². The molecule has 6 nitrogen and oxygen atoms in total. The second kappa shape index (κ2) is 8.26. The van der Waals surface area contributed by atoms with Gasteiger partial charge in [-0.3, -0.25) is 0 Å². The van der Waals surface area contributed by atoms with E-state index in [9.17, 15) is 9.59 Å². The van der Waals surface area contributed by atoms with Crippen molar-refractivity contribution in [2.75, 3.05) is 26.7 Å². The molecule has 1 aromatic carbocycles. The summed E-state index contributed by atoms with van der Waals surface area (Å²) in [5.74, 6) is 0. The van der Waals surface area contributed by atoms with E-state index in [-0.39, 0.29) is 18.2 Å². The fraction of sp³-hybridized carbons (Fsp3) is 0.500. The number of urea groups is 1. The Hall–Kier alpha value is -2.24. The fourth-order valence-electron chi connectivity index (χ4n) is 2.59. The number of hydrogen-bond donors (Lipinski definition) is 2. The van der Waals surface area contributed by atoms with E-state index < -0.39 is 0 Å². The smallest absolute Gasteiger partial charge is 0.409 e. The van der Waals surface area contributed by atoms with Crippen LogP contribution in [0.3, 0.4) is 0 Å². The van der Waals surface area contributed by atoms with Crippen LogP contribution in [0.15, 0.2) is 30.3 Å². The van der Waals surface area contributed by atoms with Crippen molar-refractivity contribution in [1.29, 1.82) is 0 Å². The highest BCUT2D eigenvalue weighted by atomic mass is 16.5. The van der Waals surface area contributed by atoms with Crippen LogP contribution < -0.4 is 10.6 Å². The Kier molecular flexibility index (Phi) is 6.06. The van der Waals surface area contributed by atoms with E-state index in [2.05, 4.69) is 10.6 Å². The lowest BCUT2D eigenvalue weighted by Crippen LogP contribution is -2.52. The zero-order valence-electron chi connectivity index (χ0n) is 12.9. The van der Waals surface area contributed by atoms with Gasteiger partial charge >= 0.3 is 12.1 Å². The maximum absolute atomic E-state index is 11.9. The Morgan fingerprint density at radius 1 is 1.32 bits per heavy atom. The van der Waals surface area contributed by atoms with Gasteiger partial charge < -0.3 is 20.3 Å². The highest BCUT2D eigenvalue weighted by Gasteiger charge is 2.24. The number of carbonyl (C=O) groups is 2. The normalized spacial score (nSPS) is 17.7. The van der Waals surface area contributed by atoms with Crippen LogP contribution in [0.5, 0.6) is 0 Å². The molecule has 1 fully saturated rings. The van der Waals surface area contributed by atoms with E-state index in [0.717, 1.165) is 19.3 Å². The molecule has 3 amide bonds. The second-order valence-electron chi connectivity index (χ2n) is 5.39. The molecule has 1 aliphatic rings. The first-order valence-electron chi connectivity index (χ1n) is 7.60. The molecule has 0 saturated carbocycles. The number of amides is 3. The summed E-state index contributed by atoms with van der Waals surface area (Å²) >= 11 is 0. The Morgan fingerprint density at radius 3 is 2.82 bits per heavy atom. The van der Waals surface area contributed by atoms with Crippen molar-refractivity contribution >= 4 is 12.1 Å². The molecule has 2 rings (SSSR count). The molecule has 0 aliphatic carbocycles. The molecule has 1 aromatic rings. The lowest BCUT2D eigenvalue weighted by Gasteiger charge is -2.32. The lowest BCUT2D eigenvalue weighted by molar-refractivity contribution is 0.108. The van der Waals surface area contributed by atoms with E-state index in [1.807, 2.05) is 30.3 Å². The van der Waals surface area contributed by atoms with Crippen LogP contribution in [0.1, 0.15) is 18.4 Å². The van der Waals surface area contributed by atoms with Gasteiger partial charge in [0.25, 0.3) is 0 Å². The van der Waals surface area contributed by atoms with Crippen LogP contribution >= 0.6 is 0 Å². The number of rotatable bonds is 4. The zero-order valence-corrected chi connectivity index (χ0v) is 12.9. The summed E-state index contributed by atoms with van der Waals surface area (Å²) in [4.78, 5) is 25.0. The number of likely N-dealkylation sites (tertiary alicyclic amines) is 1. The second-order valence-corrected chi connectivity index (χ2v) is 5.39. The van der Waals surface area contributed by atoms with Gasteiger partial charge in [-0.05, 0) is 24.8 Å². The molecule has 120 valence electrons. The number of piperidine rings is 1. The topological polar surface area (TPSA) is 70.7 Å². The number of benzene rings is 1. The van der Waals surface area contributed by atoms with E-state index in [1.54, 1.807) is 4.90 Å². The van der Waals surface area contributed by atoms with Crippen LogP contribution in [-0.2, 0) is 11.2 Å². The van der Waals surface area contributed by atoms with Crippen LogP contribution in [0.4, 0.5) is 9.59 Å². The minimum Gasteiger partial charge on any atom is -0.453 e. The van der Waals surface area contributed by atoms with Gasteiger partial charge in [-0.25, -0.2) is 9.59 Å². The van der Waals surface area contributed by atoms with Crippen molar-refractivity contribution in [2.24, 2.45) is 0 Å². The predicted molar refractivity (Wildman–Crippen MR) is 83.7 cm³/mol. The predicted octanol–water partition coefficient (Wildman–Crippen LogP) is 1.76. The molecule has 1 saturated heterocycles. The highest BCUT2D eigenvalue weighted by molar-refractivity contribution is 5.74. The van der Waals surface area contributed by atoms with Gasteiger partial charge in [0.05, 0.1) is 7.11 Å². The monoisotopic (exact) mass is 305 g/mol. The average Bonchev–Trinajstić information content (AvgIpc) is 2.55. The van der Waals surface area contributed by atoms with Gasteiger partial charge in [0.15, 0.2) is 0 Å². The van der Waals surface area contributed by atoms with Crippen LogP contribution in [-0.4, -0.2) is 49.8 Å². The van der Waals surface area contributed by atoms with Gasteiger partial charge in [0.2, 0.25) is 0 Å². The molecule has 6 heteroatoms. The van der Waals surface area contributed by atoms with Crippen molar-refractivity contribution in [3.05, 3.63) is 35.9 Å². The zero-order chi connectivity index (χ0) is 15.8. The van der Waals surface area contributed by atoms with Gasteiger partial charge in [-0.1, -0.05) is 30.3 Å². The van der Waals surface area contributed by atoms with Crippen LogP contribution in [0.25, 0.3) is 0 Å². The van der Waals surface area contributed by atoms with Gasteiger partial charge in [-0.15, -0.1) is 0 Å². The third kappa shape index (κ3) is 4.95. The van der Waals surface area contributed by atoms with Crippen molar-refractivity contribution in [1.82, 2.24) is 15.5 Å².